The van der Waals surface area contributed by atoms with Crippen LogP contribution in [0.2, 0.25) is 0 Å². The predicted molar refractivity (Wildman–Crippen MR) is 53.7 cm³/mol. The summed E-state index contributed by atoms with van der Waals surface area (Å²) in [7, 11) is 0. The predicted octanol–water partition coefficient (Wildman–Crippen LogP) is 1.43. The summed E-state index contributed by atoms with van der Waals surface area (Å²) in [6.45, 7) is 2.43. The van der Waals surface area contributed by atoms with Crippen LogP contribution in [-0.2, 0) is 0 Å². The molecule has 0 aliphatic rings. The van der Waals surface area contributed by atoms with Crippen LogP contribution in [-0.4, -0.2) is 16.8 Å². The molecule has 0 unspecified atom stereocenters. The smallest absolute Gasteiger partial charge is 0.434 e. The zero-order chi connectivity index (χ0) is 10.7. The van der Waals surface area contributed by atoms with E-state index in [1.165, 1.54) is 0 Å². The average molecular weight is 206 g/mol. The quantitative estimate of drug-likeness (QED) is 0.824. The first-order valence-corrected chi connectivity index (χ1v) is 4.59. The molecule has 1 N–H and O–H groups in total. The SMILES string of the molecule is CCOc1ccccc1-c1n[nH]c(=O)o1. The molecular formula is C10H10N2O3. The Hall–Kier alpha value is -2.04. The topological polar surface area (TPSA) is 68.1 Å². The summed E-state index contributed by atoms with van der Waals surface area (Å²) in [5.41, 5.74) is 0.665. The standard InChI is InChI=1S/C10H10N2O3/c1-2-14-8-6-4-3-5-7(8)9-11-12-10(13)15-9/h3-6H,2H2,1H3,(H,12,13). The number of rotatable bonds is 3. The molecule has 0 aliphatic heterocycles. The Balaban J connectivity index is 2.47. The number of nitrogens with zero attached hydrogens (tertiary/aromatic N) is 1. The fourth-order valence-corrected chi connectivity index (χ4v) is 1.27. The molecule has 1 aromatic carbocycles. The minimum Gasteiger partial charge on any atom is -0.493 e. The Kier molecular flexibility index (Phi) is 2.53. The maximum Gasteiger partial charge on any atom is 0.434 e. The third-order valence-electron chi connectivity index (χ3n) is 1.86. The van der Waals surface area contributed by atoms with Gasteiger partial charge in [0.1, 0.15) is 5.75 Å². The highest BCUT2D eigenvalue weighted by atomic mass is 16.5. The number of para-hydroxylation sites is 1. The third kappa shape index (κ3) is 1.90. The molecule has 0 aliphatic carbocycles. The van der Waals surface area contributed by atoms with Gasteiger partial charge in [0.05, 0.1) is 12.2 Å². The Bertz CT molecular complexity index is 501. The first-order valence-electron chi connectivity index (χ1n) is 4.59. The fraction of sp³-hybridized carbons (Fsp3) is 0.200. The highest BCUT2D eigenvalue weighted by molar-refractivity contribution is 5.61. The van der Waals surface area contributed by atoms with E-state index in [9.17, 15) is 4.79 Å². The van der Waals surface area contributed by atoms with E-state index in [2.05, 4.69) is 10.2 Å². The lowest BCUT2D eigenvalue weighted by molar-refractivity contribution is 0.340. The molecule has 0 saturated carbocycles. The molecule has 5 heteroatoms. The van der Waals surface area contributed by atoms with Gasteiger partial charge in [-0.05, 0) is 19.1 Å². The monoisotopic (exact) mass is 206 g/mol. The highest BCUT2D eigenvalue weighted by Gasteiger charge is 2.10. The largest absolute Gasteiger partial charge is 0.493 e. The van der Waals surface area contributed by atoms with E-state index in [4.69, 9.17) is 9.15 Å². The van der Waals surface area contributed by atoms with Crippen LogP contribution in [0.4, 0.5) is 0 Å². The van der Waals surface area contributed by atoms with Gasteiger partial charge in [-0.2, -0.15) is 0 Å². The maximum absolute atomic E-state index is 10.8. The van der Waals surface area contributed by atoms with Crippen LogP contribution in [0.15, 0.2) is 33.5 Å². The lowest BCUT2D eigenvalue weighted by Gasteiger charge is -2.05. The van der Waals surface area contributed by atoms with Gasteiger partial charge in [-0.3, -0.25) is 0 Å². The number of aromatic amines is 1. The molecule has 0 bridgehead atoms. The van der Waals surface area contributed by atoms with E-state index in [1.807, 2.05) is 19.1 Å². The Morgan fingerprint density at radius 1 is 1.47 bits per heavy atom. The van der Waals surface area contributed by atoms with E-state index >= 15 is 0 Å². The zero-order valence-electron chi connectivity index (χ0n) is 8.19. The number of benzene rings is 1. The molecule has 15 heavy (non-hydrogen) atoms. The van der Waals surface area contributed by atoms with Crippen LogP contribution in [0.25, 0.3) is 11.5 Å². The van der Waals surface area contributed by atoms with E-state index in [-0.39, 0.29) is 5.89 Å². The van der Waals surface area contributed by atoms with Crippen molar-refractivity contribution in [3.63, 3.8) is 0 Å². The molecule has 1 aromatic heterocycles. The summed E-state index contributed by atoms with van der Waals surface area (Å²) in [4.78, 5) is 10.8. The average Bonchev–Trinajstić information content (AvgIpc) is 2.66. The van der Waals surface area contributed by atoms with Gasteiger partial charge in [0.15, 0.2) is 0 Å². The number of hydrogen-bond donors (Lipinski definition) is 1. The van der Waals surface area contributed by atoms with Crippen molar-refractivity contribution < 1.29 is 9.15 Å². The molecule has 0 atom stereocenters. The highest BCUT2D eigenvalue weighted by Crippen LogP contribution is 2.26. The number of H-pyrrole nitrogens is 1. The molecule has 0 radical (unpaired) electrons. The Labute approximate surface area is 85.7 Å². The second-order valence-electron chi connectivity index (χ2n) is 2.85. The third-order valence-corrected chi connectivity index (χ3v) is 1.86. The minimum atomic E-state index is -0.573. The molecule has 1 heterocycles. The fourth-order valence-electron chi connectivity index (χ4n) is 1.27. The van der Waals surface area contributed by atoms with Crippen molar-refractivity contribution in [3.05, 3.63) is 34.8 Å². The first-order chi connectivity index (χ1) is 7.31. The van der Waals surface area contributed by atoms with Crippen LogP contribution in [0.5, 0.6) is 5.75 Å². The zero-order valence-corrected chi connectivity index (χ0v) is 8.19. The molecule has 5 nitrogen and oxygen atoms in total. The van der Waals surface area contributed by atoms with Gasteiger partial charge < -0.3 is 9.15 Å². The summed E-state index contributed by atoms with van der Waals surface area (Å²) in [5, 5.41) is 5.95. The van der Waals surface area contributed by atoms with Crippen LogP contribution in [0.1, 0.15) is 6.92 Å². The van der Waals surface area contributed by atoms with Crippen LogP contribution < -0.4 is 10.5 Å². The number of ether oxygens (including phenoxy) is 1. The maximum atomic E-state index is 10.8. The van der Waals surface area contributed by atoms with Crippen molar-refractivity contribution in [2.24, 2.45) is 0 Å². The van der Waals surface area contributed by atoms with Crippen molar-refractivity contribution in [2.75, 3.05) is 6.61 Å². The van der Waals surface area contributed by atoms with Crippen LogP contribution in [0.3, 0.4) is 0 Å². The van der Waals surface area contributed by atoms with Crippen LogP contribution in [0, 0.1) is 0 Å². The molecule has 0 fully saturated rings. The second kappa shape index (κ2) is 4.00. The molecule has 0 spiro atoms. The van der Waals surface area contributed by atoms with Gasteiger partial charge in [-0.1, -0.05) is 12.1 Å². The molecule has 0 saturated heterocycles. The Morgan fingerprint density at radius 3 is 2.93 bits per heavy atom. The van der Waals surface area contributed by atoms with E-state index in [0.717, 1.165) is 0 Å². The molecule has 78 valence electrons. The number of hydrogen-bond acceptors (Lipinski definition) is 4. The van der Waals surface area contributed by atoms with E-state index in [1.54, 1.807) is 12.1 Å². The molecule has 2 rings (SSSR count). The molecular weight excluding hydrogens is 196 g/mol. The van der Waals surface area contributed by atoms with Gasteiger partial charge in [-0.15, -0.1) is 5.10 Å². The van der Waals surface area contributed by atoms with E-state index < -0.39 is 5.76 Å². The van der Waals surface area contributed by atoms with Gasteiger partial charge in [0.25, 0.3) is 5.89 Å². The van der Waals surface area contributed by atoms with E-state index in [0.29, 0.717) is 17.9 Å². The lowest BCUT2D eigenvalue weighted by atomic mass is 10.2. The van der Waals surface area contributed by atoms with Crippen LogP contribution >= 0.6 is 0 Å². The van der Waals surface area contributed by atoms with Gasteiger partial charge >= 0.3 is 5.76 Å². The van der Waals surface area contributed by atoms with Crippen molar-refractivity contribution in [3.8, 4) is 17.2 Å². The molecule has 2 aromatic rings. The van der Waals surface area contributed by atoms with Crippen molar-refractivity contribution >= 4 is 0 Å². The van der Waals surface area contributed by atoms with Crippen molar-refractivity contribution in [2.45, 2.75) is 6.92 Å². The van der Waals surface area contributed by atoms with Crippen molar-refractivity contribution in [1.29, 1.82) is 0 Å². The normalized spacial score (nSPS) is 10.2. The molecule has 0 amide bonds. The summed E-state index contributed by atoms with van der Waals surface area (Å²) in [6.07, 6.45) is 0. The van der Waals surface area contributed by atoms with Gasteiger partial charge in [0.2, 0.25) is 0 Å². The summed E-state index contributed by atoms with van der Waals surface area (Å²) >= 11 is 0. The number of aromatic nitrogens is 2. The summed E-state index contributed by atoms with van der Waals surface area (Å²) in [5.74, 6) is 0.315. The number of nitrogens with one attached hydrogen (secondary N) is 1. The Morgan fingerprint density at radius 2 is 2.27 bits per heavy atom. The van der Waals surface area contributed by atoms with Gasteiger partial charge in [0, 0.05) is 0 Å². The van der Waals surface area contributed by atoms with Crippen molar-refractivity contribution in [1.82, 2.24) is 10.2 Å². The lowest BCUT2D eigenvalue weighted by Crippen LogP contribution is -1.94. The minimum absolute atomic E-state index is 0.240. The summed E-state index contributed by atoms with van der Waals surface area (Å²) in [6, 6.07) is 7.25. The summed E-state index contributed by atoms with van der Waals surface area (Å²) < 4.78 is 10.2. The second-order valence-corrected chi connectivity index (χ2v) is 2.85. The first kappa shape index (κ1) is 9.51. The van der Waals surface area contributed by atoms with Gasteiger partial charge in [-0.25, -0.2) is 9.89 Å².